The third kappa shape index (κ3) is 8.75. The molecule has 2 aliphatic heterocycles. The third-order valence-electron chi connectivity index (χ3n) is 13.2. The minimum atomic E-state index is -3.55. The van der Waals surface area contributed by atoms with E-state index in [0.29, 0.717) is 34.7 Å². The van der Waals surface area contributed by atoms with Gasteiger partial charge in [0.2, 0.25) is 0 Å². The fourth-order valence-corrected chi connectivity index (χ4v) is 12.7. The lowest BCUT2D eigenvalue weighted by atomic mass is 9.72. The first kappa shape index (κ1) is 43.5. The van der Waals surface area contributed by atoms with Gasteiger partial charge in [0.1, 0.15) is 0 Å². The molecule has 2 saturated carbocycles. The molecule has 0 saturated heterocycles. The predicted molar refractivity (Wildman–Crippen MR) is 233 cm³/mol. The number of nitrogens with zero attached hydrogens (tertiary/aromatic N) is 2. The van der Waals surface area contributed by atoms with Crippen molar-refractivity contribution >= 4 is 31.4 Å². The van der Waals surface area contributed by atoms with E-state index in [2.05, 4.69) is 31.7 Å². The van der Waals surface area contributed by atoms with Crippen LogP contribution in [0, 0.1) is 36.5 Å². The Morgan fingerprint density at radius 3 is 1.20 bits per heavy atom. The van der Waals surface area contributed by atoms with E-state index in [-0.39, 0.29) is 10.8 Å². The van der Waals surface area contributed by atoms with Gasteiger partial charge in [-0.25, -0.2) is 16.8 Å². The Morgan fingerprint density at radius 1 is 0.536 bits per heavy atom. The molecule has 9 heteroatoms. The predicted octanol–water partition coefficient (Wildman–Crippen LogP) is 10.5. The number of nitrogens with two attached hydrogens (primary N) is 1. The van der Waals surface area contributed by atoms with Gasteiger partial charge in [-0.15, -0.1) is 0 Å². The first-order valence-electron chi connectivity index (χ1n) is 20.8. The maximum absolute atomic E-state index is 13.4. The van der Waals surface area contributed by atoms with Crippen molar-refractivity contribution in [1.82, 2.24) is 0 Å². The van der Waals surface area contributed by atoms with E-state index in [9.17, 15) is 16.8 Å². The lowest BCUT2D eigenvalue weighted by Crippen LogP contribution is -2.34. The molecule has 2 N–H and O–H groups in total. The normalized spacial score (nSPS) is 24.3. The van der Waals surface area contributed by atoms with Gasteiger partial charge in [-0.3, -0.25) is 8.61 Å². The summed E-state index contributed by atoms with van der Waals surface area (Å²) in [5.41, 5.74) is 11.2. The SMILES string of the molecule is CC.CN.Cc1ccc(S(=O)(=O)N2CCC3(CCCC3C)Cc3ccccc32)cc1.Cc1ccc(S(=O)(=O)N2CCC3(CCCC3C)Cc3ccccc32)cc1. The Labute approximate surface area is 338 Å². The smallest absolute Gasteiger partial charge is 0.264 e. The monoisotopic (exact) mass is 799 g/mol. The summed E-state index contributed by atoms with van der Waals surface area (Å²) in [6.07, 6.45) is 11.3. The van der Waals surface area contributed by atoms with Crippen LogP contribution in [0.3, 0.4) is 0 Å². The Morgan fingerprint density at radius 2 is 0.875 bits per heavy atom. The summed E-state index contributed by atoms with van der Waals surface area (Å²) >= 11 is 0. The molecule has 4 unspecified atom stereocenters. The fraction of sp³-hybridized carbons (Fsp3) is 0.489. The van der Waals surface area contributed by atoms with Crippen LogP contribution in [0.15, 0.2) is 107 Å². The minimum absolute atomic E-state index is 0.244. The van der Waals surface area contributed by atoms with Crippen LogP contribution in [0.1, 0.15) is 101 Å². The molecule has 7 nitrogen and oxygen atoms in total. The average Bonchev–Trinajstić information content (AvgIpc) is 3.60. The summed E-state index contributed by atoms with van der Waals surface area (Å²) in [6.45, 7) is 13.8. The van der Waals surface area contributed by atoms with Crippen LogP contribution in [0.2, 0.25) is 0 Å². The zero-order chi connectivity index (χ0) is 40.7. The van der Waals surface area contributed by atoms with E-state index in [1.807, 2.05) is 88.4 Å². The number of benzene rings is 4. The molecule has 0 bridgehead atoms. The number of hydrogen-bond donors (Lipinski definition) is 1. The van der Waals surface area contributed by atoms with Gasteiger partial charge >= 0.3 is 0 Å². The first-order chi connectivity index (χ1) is 26.8. The molecule has 0 amide bonds. The van der Waals surface area contributed by atoms with Crippen LogP contribution in [-0.2, 0) is 32.9 Å². The number of para-hydroxylation sites is 2. The lowest BCUT2D eigenvalue weighted by molar-refractivity contribution is 0.202. The summed E-state index contributed by atoms with van der Waals surface area (Å²) in [5, 5.41) is 0. The summed E-state index contributed by atoms with van der Waals surface area (Å²) < 4.78 is 57.0. The van der Waals surface area contributed by atoms with Crippen LogP contribution in [0.4, 0.5) is 11.4 Å². The van der Waals surface area contributed by atoms with E-state index in [4.69, 9.17) is 0 Å². The van der Waals surface area contributed by atoms with Gasteiger partial charge in [-0.2, -0.15) is 0 Å². The maximum Gasteiger partial charge on any atom is 0.264 e. The summed E-state index contributed by atoms with van der Waals surface area (Å²) in [7, 11) is -5.59. The highest BCUT2D eigenvalue weighted by molar-refractivity contribution is 7.93. The molecule has 4 aromatic rings. The van der Waals surface area contributed by atoms with E-state index < -0.39 is 20.0 Å². The number of fused-ring (bicyclic) bond motifs is 2. The molecule has 4 aliphatic rings. The van der Waals surface area contributed by atoms with Gasteiger partial charge in [0.15, 0.2) is 0 Å². The Kier molecular flexibility index (Phi) is 14.2. The molecule has 2 aliphatic carbocycles. The van der Waals surface area contributed by atoms with Crippen LogP contribution in [0.25, 0.3) is 0 Å². The fourth-order valence-electron chi connectivity index (χ4n) is 9.70. The number of hydrogen-bond acceptors (Lipinski definition) is 5. The minimum Gasteiger partial charge on any atom is -0.333 e. The Hall–Kier alpha value is -3.66. The highest BCUT2D eigenvalue weighted by atomic mass is 32.2. The van der Waals surface area contributed by atoms with Crippen molar-refractivity contribution in [2.45, 2.75) is 116 Å². The largest absolute Gasteiger partial charge is 0.333 e. The second-order valence-corrected chi connectivity index (χ2v) is 19.9. The van der Waals surface area contributed by atoms with Crippen LogP contribution < -0.4 is 14.3 Å². The van der Waals surface area contributed by atoms with Crippen molar-refractivity contribution in [3.63, 3.8) is 0 Å². The molecule has 0 aromatic heterocycles. The van der Waals surface area contributed by atoms with E-state index in [0.717, 1.165) is 48.2 Å². The van der Waals surface area contributed by atoms with E-state index in [1.54, 1.807) is 32.9 Å². The maximum atomic E-state index is 13.4. The number of aryl methyl sites for hydroxylation is 2. The summed E-state index contributed by atoms with van der Waals surface area (Å²) in [5.74, 6) is 1.30. The number of anilines is 2. The molecule has 2 fully saturated rings. The second-order valence-electron chi connectivity index (χ2n) is 16.2. The van der Waals surface area contributed by atoms with Gasteiger partial charge in [-0.05, 0) is 130 Å². The highest BCUT2D eigenvalue weighted by Crippen LogP contribution is 2.52. The zero-order valence-electron chi connectivity index (χ0n) is 34.8. The molecule has 304 valence electrons. The van der Waals surface area contributed by atoms with E-state index in [1.165, 1.54) is 56.7 Å². The molecular formula is C47H65N3O4S2. The van der Waals surface area contributed by atoms with Gasteiger partial charge in [0.05, 0.1) is 21.2 Å². The highest BCUT2D eigenvalue weighted by Gasteiger charge is 2.45. The molecule has 2 spiro atoms. The van der Waals surface area contributed by atoms with Crippen molar-refractivity contribution in [1.29, 1.82) is 0 Å². The van der Waals surface area contributed by atoms with Gasteiger partial charge in [0, 0.05) is 13.1 Å². The van der Waals surface area contributed by atoms with Crippen LogP contribution in [0.5, 0.6) is 0 Å². The number of rotatable bonds is 4. The Bertz CT molecular complexity index is 1970. The van der Waals surface area contributed by atoms with Crippen molar-refractivity contribution in [2.24, 2.45) is 28.4 Å². The molecule has 56 heavy (non-hydrogen) atoms. The standard InChI is InChI=1S/2C22H27NO2S.C2H6.CH5N/c2*1-17-9-11-20(12-10-17)26(24,25)23-15-14-22(13-5-6-18(22)2)16-19-7-3-4-8-21(19)23;2*1-2/h2*3-4,7-12,18H,5-6,13-16H2,1-2H3;1-2H3;2H2,1H3. The molecule has 4 atom stereocenters. The van der Waals surface area contributed by atoms with E-state index >= 15 is 0 Å². The molecular weight excluding hydrogens is 735 g/mol. The summed E-state index contributed by atoms with van der Waals surface area (Å²) in [6, 6.07) is 30.6. The Balaban J connectivity index is 0.000000197. The first-order valence-corrected chi connectivity index (χ1v) is 23.7. The molecule has 8 rings (SSSR count). The zero-order valence-corrected chi connectivity index (χ0v) is 36.4. The topological polar surface area (TPSA) is 101 Å². The molecule has 0 radical (unpaired) electrons. The summed E-state index contributed by atoms with van der Waals surface area (Å²) in [4.78, 5) is 0.765. The van der Waals surface area contributed by atoms with Gasteiger partial charge in [0.25, 0.3) is 20.0 Å². The molecule has 4 aromatic carbocycles. The van der Waals surface area contributed by atoms with Crippen molar-refractivity contribution in [3.05, 3.63) is 119 Å². The second kappa shape index (κ2) is 18.3. The average molecular weight is 800 g/mol. The van der Waals surface area contributed by atoms with Gasteiger partial charge < -0.3 is 5.73 Å². The molecule has 2 heterocycles. The van der Waals surface area contributed by atoms with Crippen molar-refractivity contribution in [2.75, 3.05) is 28.7 Å². The third-order valence-corrected chi connectivity index (χ3v) is 16.8. The van der Waals surface area contributed by atoms with Crippen LogP contribution >= 0.6 is 0 Å². The lowest BCUT2D eigenvalue weighted by Gasteiger charge is -2.33. The quantitative estimate of drug-likeness (QED) is 0.222. The van der Waals surface area contributed by atoms with Gasteiger partial charge in [-0.1, -0.05) is 125 Å². The number of sulfonamides is 2. The van der Waals surface area contributed by atoms with Crippen LogP contribution in [-0.4, -0.2) is 37.0 Å². The van der Waals surface area contributed by atoms with Crippen molar-refractivity contribution in [3.8, 4) is 0 Å². The van der Waals surface area contributed by atoms with Crippen molar-refractivity contribution < 1.29 is 16.8 Å².